The fourth-order valence-corrected chi connectivity index (χ4v) is 4.20. The van der Waals surface area contributed by atoms with Gasteiger partial charge in [0, 0.05) is 0 Å². The molecule has 102 valence electrons. The van der Waals surface area contributed by atoms with Crippen LogP contribution < -0.4 is 0 Å². The van der Waals surface area contributed by atoms with E-state index < -0.39 is 22.0 Å². The first-order chi connectivity index (χ1) is 9.53. The van der Waals surface area contributed by atoms with Crippen LogP contribution in [-0.2, 0) is 10.0 Å². The Bertz CT molecular complexity index is 769. The summed E-state index contributed by atoms with van der Waals surface area (Å²) in [4.78, 5) is 12.5. The summed E-state index contributed by atoms with van der Waals surface area (Å²) in [5, 5.41) is 0. The highest BCUT2D eigenvalue weighted by atomic mass is 32.2. The van der Waals surface area contributed by atoms with Gasteiger partial charge in [0.25, 0.3) is 15.9 Å². The Kier molecular flexibility index (Phi) is 2.87. The first kappa shape index (κ1) is 12.9. The van der Waals surface area contributed by atoms with Crippen LogP contribution in [0, 0.1) is 0 Å². The second kappa shape index (κ2) is 4.45. The average molecular weight is 287 g/mol. The molecule has 0 aromatic heterocycles. The van der Waals surface area contributed by atoms with E-state index in [2.05, 4.69) is 0 Å². The first-order valence-corrected chi connectivity index (χ1v) is 7.70. The minimum absolute atomic E-state index is 0.0905. The standard InChI is InChI=1S/C15H13NO3S/c1-11(12-7-3-2-4-8-12)16-15(17)13-9-5-6-10-14(13)20(16,18)19/h2-11H,1H3. The second-order valence-corrected chi connectivity index (χ2v) is 6.47. The van der Waals surface area contributed by atoms with Crippen molar-refractivity contribution in [1.29, 1.82) is 0 Å². The van der Waals surface area contributed by atoms with Crippen molar-refractivity contribution in [1.82, 2.24) is 4.31 Å². The third-order valence-electron chi connectivity index (χ3n) is 3.49. The van der Waals surface area contributed by atoms with Gasteiger partial charge >= 0.3 is 0 Å². The van der Waals surface area contributed by atoms with Crippen LogP contribution in [0.4, 0.5) is 0 Å². The molecule has 0 N–H and O–H groups in total. The molecule has 0 saturated carbocycles. The minimum Gasteiger partial charge on any atom is -0.268 e. The van der Waals surface area contributed by atoms with Crippen molar-refractivity contribution in [2.75, 3.05) is 0 Å². The summed E-state index contributed by atoms with van der Waals surface area (Å²) in [5.41, 5.74) is 1.03. The third-order valence-corrected chi connectivity index (χ3v) is 5.40. The molecule has 5 heteroatoms. The van der Waals surface area contributed by atoms with Crippen molar-refractivity contribution in [3.63, 3.8) is 0 Å². The summed E-state index contributed by atoms with van der Waals surface area (Å²) >= 11 is 0. The number of fused-ring (bicyclic) bond motifs is 1. The zero-order chi connectivity index (χ0) is 14.3. The van der Waals surface area contributed by atoms with Crippen LogP contribution in [0.3, 0.4) is 0 Å². The lowest BCUT2D eigenvalue weighted by Gasteiger charge is -2.23. The minimum atomic E-state index is -3.76. The lowest BCUT2D eigenvalue weighted by molar-refractivity contribution is 0.0839. The summed E-state index contributed by atoms with van der Waals surface area (Å²) in [6, 6.07) is 14.9. The van der Waals surface area contributed by atoms with E-state index >= 15 is 0 Å². The molecule has 1 unspecified atom stereocenters. The topological polar surface area (TPSA) is 54.5 Å². The predicted octanol–water partition coefficient (Wildman–Crippen LogP) is 2.59. The maximum absolute atomic E-state index is 12.5. The van der Waals surface area contributed by atoms with Gasteiger partial charge in [-0.3, -0.25) is 4.79 Å². The van der Waals surface area contributed by atoms with Crippen molar-refractivity contribution in [3.8, 4) is 0 Å². The molecule has 0 radical (unpaired) electrons. The highest BCUT2D eigenvalue weighted by Crippen LogP contribution is 2.36. The Morgan fingerprint density at radius 1 is 0.950 bits per heavy atom. The smallest absolute Gasteiger partial charge is 0.268 e. The Morgan fingerprint density at radius 2 is 1.55 bits per heavy atom. The molecule has 1 heterocycles. The van der Waals surface area contributed by atoms with Gasteiger partial charge < -0.3 is 0 Å². The third kappa shape index (κ3) is 1.74. The predicted molar refractivity (Wildman–Crippen MR) is 74.7 cm³/mol. The largest absolute Gasteiger partial charge is 0.269 e. The zero-order valence-corrected chi connectivity index (χ0v) is 11.7. The van der Waals surface area contributed by atoms with Crippen LogP contribution in [0.15, 0.2) is 59.5 Å². The van der Waals surface area contributed by atoms with E-state index in [-0.39, 0.29) is 10.5 Å². The molecule has 20 heavy (non-hydrogen) atoms. The number of benzene rings is 2. The Hall–Kier alpha value is -2.14. The number of nitrogens with zero attached hydrogens (tertiary/aromatic N) is 1. The first-order valence-electron chi connectivity index (χ1n) is 6.26. The lowest BCUT2D eigenvalue weighted by Crippen LogP contribution is -2.32. The molecule has 0 bridgehead atoms. The van der Waals surface area contributed by atoms with Gasteiger partial charge in [-0.15, -0.1) is 0 Å². The summed E-state index contributed by atoms with van der Waals surface area (Å²) in [5.74, 6) is -0.461. The van der Waals surface area contributed by atoms with Gasteiger partial charge in [0.15, 0.2) is 0 Å². The Balaban J connectivity index is 2.11. The maximum atomic E-state index is 12.5. The molecule has 3 rings (SSSR count). The molecule has 1 atom stereocenters. The van der Waals surface area contributed by atoms with Crippen LogP contribution in [0.1, 0.15) is 28.9 Å². The molecule has 2 aromatic rings. The monoisotopic (exact) mass is 287 g/mol. The molecule has 4 nitrogen and oxygen atoms in total. The van der Waals surface area contributed by atoms with Gasteiger partial charge in [-0.2, -0.15) is 0 Å². The number of sulfonamides is 1. The van der Waals surface area contributed by atoms with Crippen molar-refractivity contribution in [2.24, 2.45) is 0 Å². The van der Waals surface area contributed by atoms with Gasteiger partial charge in [-0.05, 0) is 24.6 Å². The van der Waals surface area contributed by atoms with Gasteiger partial charge in [-0.1, -0.05) is 42.5 Å². The van der Waals surface area contributed by atoms with Gasteiger partial charge in [-0.25, -0.2) is 12.7 Å². The lowest BCUT2D eigenvalue weighted by atomic mass is 10.1. The molecule has 1 aliphatic rings. The molecule has 0 saturated heterocycles. The van der Waals surface area contributed by atoms with Crippen LogP contribution in [-0.4, -0.2) is 18.6 Å². The van der Waals surface area contributed by atoms with E-state index in [1.54, 1.807) is 25.1 Å². The van der Waals surface area contributed by atoms with E-state index in [1.165, 1.54) is 6.07 Å². The SMILES string of the molecule is CC(c1ccccc1)N1C(=O)c2ccccc2S1(=O)=O. The van der Waals surface area contributed by atoms with Crippen LogP contribution in [0.25, 0.3) is 0 Å². The fraction of sp³-hybridized carbons (Fsp3) is 0.133. The number of carbonyl (C=O) groups is 1. The number of amides is 1. The number of hydrogen-bond donors (Lipinski definition) is 0. The highest BCUT2D eigenvalue weighted by Gasteiger charge is 2.43. The number of rotatable bonds is 2. The summed E-state index contributed by atoms with van der Waals surface area (Å²) in [7, 11) is -3.76. The normalized spacial score (nSPS) is 17.9. The number of hydrogen-bond acceptors (Lipinski definition) is 3. The van der Waals surface area contributed by atoms with Crippen LogP contribution in [0.5, 0.6) is 0 Å². The van der Waals surface area contributed by atoms with Crippen molar-refractivity contribution in [3.05, 3.63) is 65.7 Å². The molecular weight excluding hydrogens is 274 g/mol. The maximum Gasteiger partial charge on any atom is 0.269 e. The summed E-state index contributed by atoms with van der Waals surface area (Å²) < 4.78 is 26.0. The molecule has 1 amide bonds. The summed E-state index contributed by atoms with van der Waals surface area (Å²) in [6.07, 6.45) is 0. The van der Waals surface area contributed by atoms with Crippen LogP contribution >= 0.6 is 0 Å². The van der Waals surface area contributed by atoms with E-state index in [4.69, 9.17) is 0 Å². The molecule has 0 aliphatic carbocycles. The fourth-order valence-electron chi connectivity index (χ4n) is 2.45. The van der Waals surface area contributed by atoms with Gasteiger partial charge in [0.05, 0.1) is 11.6 Å². The van der Waals surface area contributed by atoms with Crippen molar-refractivity contribution in [2.45, 2.75) is 17.9 Å². The Morgan fingerprint density at radius 3 is 2.20 bits per heavy atom. The highest BCUT2D eigenvalue weighted by molar-refractivity contribution is 7.90. The molecule has 0 fully saturated rings. The summed E-state index contributed by atoms with van der Waals surface area (Å²) in [6.45, 7) is 1.72. The van der Waals surface area contributed by atoms with Gasteiger partial charge in [0.2, 0.25) is 0 Å². The molecule has 1 aliphatic heterocycles. The second-order valence-electron chi connectivity index (χ2n) is 4.69. The molecule has 2 aromatic carbocycles. The van der Waals surface area contributed by atoms with E-state index in [0.29, 0.717) is 0 Å². The van der Waals surface area contributed by atoms with E-state index in [0.717, 1.165) is 9.87 Å². The van der Waals surface area contributed by atoms with Crippen molar-refractivity contribution < 1.29 is 13.2 Å². The van der Waals surface area contributed by atoms with Crippen LogP contribution in [0.2, 0.25) is 0 Å². The van der Waals surface area contributed by atoms with E-state index in [9.17, 15) is 13.2 Å². The van der Waals surface area contributed by atoms with Crippen molar-refractivity contribution >= 4 is 15.9 Å². The number of carbonyl (C=O) groups excluding carboxylic acids is 1. The molecular formula is C15H13NO3S. The molecule has 0 spiro atoms. The van der Waals surface area contributed by atoms with E-state index in [1.807, 2.05) is 30.3 Å². The zero-order valence-electron chi connectivity index (χ0n) is 10.9. The average Bonchev–Trinajstić information content (AvgIpc) is 2.67. The Labute approximate surface area is 117 Å². The quantitative estimate of drug-likeness (QED) is 0.853. The van der Waals surface area contributed by atoms with Gasteiger partial charge in [0.1, 0.15) is 4.90 Å².